The van der Waals surface area contributed by atoms with Crippen LogP contribution in [-0.2, 0) is 31.8 Å². The molecular weight excluding hydrogens is 745 g/mol. The highest BCUT2D eigenvalue weighted by Gasteiger charge is 2.28. The molecule has 1 aliphatic heterocycles. The van der Waals surface area contributed by atoms with Gasteiger partial charge < -0.3 is 18.9 Å². The number of likely N-dealkylation sites (N-methyl/N-ethyl adjacent to an activating group) is 4. The lowest BCUT2D eigenvalue weighted by Crippen LogP contribution is -2.47. The molecule has 2 aromatic rings. The van der Waals surface area contributed by atoms with Crippen molar-refractivity contribution in [3.8, 4) is 0 Å². The van der Waals surface area contributed by atoms with Crippen LogP contribution in [0.15, 0.2) is 60.7 Å². The van der Waals surface area contributed by atoms with Crippen LogP contribution >= 0.6 is 0 Å². The van der Waals surface area contributed by atoms with Gasteiger partial charge in [0.05, 0.1) is 50.8 Å². The van der Waals surface area contributed by atoms with Crippen molar-refractivity contribution >= 4 is 0 Å². The zero-order valence-electron chi connectivity index (χ0n) is 41.0. The predicted octanol–water partition coefficient (Wildman–Crippen LogP) is 9.45. The van der Waals surface area contributed by atoms with Crippen LogP contribution in [0, 0.1) is 23.7 Å². The number of nitrogens with zero attached hydrogens (tertiary/aromatic N) is 4. The van der Waals surface area contributed by atoms with Gasteiger partial charge in [0, 0.05) is 50.3 Å². The maximum Gasteiger partial charge on any atom is 0.0743 e. The Morgan fingerprint density at radius 3 is 0.967 bits per heavy atom. The number of hydrogen-bond donors (Lipinski definition) is 0. The molecule has 60 heavy (non-hydrogen) atoms. The van der Waals surface area contributed by atoms with Gasteiger partial charge in [-0.25, -0.2) is 0 Å². The predicted molar refractivity (Wildman–Crippen MR) is 254 cm³/mol. The molecule has 0 radical (unpaired) electrons. The molecule has 0 aromatic heterocycles. The standard InChI is InChI=1S/C52H92N4O4/c1-39(2)25-47-35-57-43(9)31-53(11)50(28-42(7)8)38-60-52(30-46-23-19-16-20-24-46)34-56(14)48(26-40(3)4)36-58-44(10)32-54(12)49(27-41(5)6)37-59-51(33-55(47)13)29-45-21-17-15-18-22-45/h15-24,39-44,47-52H,25-38H2,1-14H3. The summed E-state index contributed by atoms with van der Waals surface area (Å²) in [5, 5.41) is 0. The van der Waals surface area contributed by atoms with Crippen molar-refractivity contribution in [2.45, 2.75) is 156 Å². The molecule has 8 heteroatoms. The number of benzene rings is 2. The maximum atomic E-state index is 7.04. The quantitative estimate of drug-likeness (QED) is 0.210. The Labute approximate surface area is 370 Å². The fourth-order valence-electron chi connectivity index (χ4n) is 8.98. The Morgan fingerprint density at radius 2 is 0.683 bits per heavy atom. The Balaban J connectivity index is 1.96. The van der Waals surface area contributed by atoms with Crippen molar-refractivity contribution in [3.63, 3.8) is 0 Å². The maximum absolute atomic E-state index is 7.04. The highest BCUT2D eigenvalue weighted by Crippen LogP contribution is 2.21. The lowest BCUT2D eigenvalue weighted by molar-refractivity contribution is -0.0536. The molecule has 8 atom stereocenters. The second kappa shape index (κ2) is 28.0. The summed E-state index contributed by atoms with van der Waals surface area (Å²) >= 11 is 0. The van der Waals surface area contributed by atoms with Gasteiger partial charge in [0.2, 0.25) is 0 Å². The van der Waals surface area contributed by atoms with Crippen LogP contribution in [0.25, 0.3) is 0 Å². The fourth-order valence-corrected chi connectivity index (χ4v) is 8.98. The molecule has 3 rings (SSSR count). The van der Waals surface area contributed by atoms with E-state index < -0.39 is 0 Å². The van der Waals surface area contributed by atoms with Gasteiger partial charge in [-0.05, 0) is 115 Å². The second-order valence-corrected chi connectivity index (χ2v) is 20.5. The van der Waals surface area contributed by atoms with E-state index in [2.05, 4.69) is 178 Å². The summed E-state index contributed by atoms with van der Waals surface area (Å²) in [5.74, 6) is 2.24. The van der Waals surface area contributed by atoms with Gasteiger partial charge in [-0.1, -0.05) is 116 Å². The molecule has 0 amide bonds. The number of rotatable bonds is 12. The van der Waals surface area contributed by atoms with Crippen molar-refractivity contribution in [1.82, 2.24) is 19.6 Å². The topological polar surface area (TPSA) is 49.9 Å². The third-order valence-electron chi connectivity index (χ3n) is 12.3. The van der Waals surface area contributed by atoms with Gasteiger partial charge in [-0.2, -0.15) is 0 Å². The summed E-state index contributed by atoms with van der Waals surface area (Å²) in [6.45, 7) is 29.3. The molecule has 0 aliphatic carbocycles. The fraction of sp³-hybridized carbons (Fsp3) is 0.769. The molecule has 1 fully saturated rings. The summed E-state index contributed by atoms with van der Waals surface area (Å²) in [6.07, 6.45) is 6.38. The molecule has 1 saturated heterocycles. The van der Waals surface area contributed by atoms with Crippen LogP contribution in [0.1, 0.15) is 106 Å². The zero-order chi connectivity index (χ0) is 44.2. The highest BCUT2D eigenvalue weighted by molar-refractivity contribution is 5.16. The van der Waals surface area contributed by atoms with E-state index in [9.17, 15) is 0 Å². The highest BCUT2D eigenvalue weighted by atomic mass is 16.5. The molecular formula is C52H92N4O4. The molecule has 0 spiro atoms. The first kappa shape index (κ1) is 52.5. The third-order valence-corrected chi connectivity index (χ3v) is 12.3. The van der Waals surface area contributed by atoms with Crippen LogP contribution in [-0.4, -0.2) is 149 Å². The normalized spacial score (nSPS) is 28.4. The minimum Gasteiger partial charge on any atom is -0.376 e. The van der Waals surface area contributed by atoms with Gasteiger partial charge in [0.15, 0.2) is 0 Å². The van der Waals surface area contributed by atoms with Crippen molar-refractivity contribution < 1.29 is 18.9 Å². The zero-order valence-corrected chi connectivity index (χ0v) is 41.0. The molecule has 344 valence electrons. The van der Waals surface area contributed by atoms with E-state index in [1.165, 1.54) is 11.1 Å². The summed E-state index contributed by atoms with van der Waals surface area (Å²) in [5.41, 5.74) is 2.64. The van der Waals surface area contributed by atoms with E-state index in [1.807, 2.05) is 0 Å². The second-order valence-electron chi connectivity index (χ2n) is 20.5. The molecule has 0 saturated carbocycles. The summed E-state index contributed by atoms with van der Waals surface area (Å²) in [7, 11) is 9.09. The van der Waals surface area contributed by atoms with Crippen molar-refractivity contribution in [1.29, 1.82) is 0 Å². The van der Waals surface area contributed by atoms with Crippen molar-refractivity contribution in [2.24, 2.45) is 23.7 Å². The van der Waals surface area contributed by atoms with Gasteiger partial charge in [-0.15, -0.1) is 0 Å². The van der Waals surface area contributed by atoms with Crippen LogP contribution < -0.4 is 0 Å². The van der Waals surface area contributed by atoms with Gasteiger partial charge >= 0.3 is 0 Å². The first-order chi connectivity index (χ1) is 28.5. The minimum atomic E-state index is 0.0627. The van der Waals surface area contributed by atoms with E-state index in [0.29, 0.717) is 74.3 Å². The molecule has 8 unspecified atom stereocenters. The summed E-state index contributed by atoms with van der Waals surface area (Å²) < 4.78 is 27.7. The molecule has 0 bridgehead atoms. The molecule has 1 aliphatic rings. The molecule has 2 aromatic carbocycles. The minimum absolute atomic E-state index is 0.0627. The Kier molecular flexibility index (Phi) is 24.5. The van der Waals surface area contributed by atoms with Gasteiger partial charge in [0.25, 0.3) is 0 Å². The van der Waals surface area contributed by atoms with Crippen LogP contribution in [0.5, 0.6) is 0 Å². The smallest absolute Gasteiger partial charge is 0.0743 e. The largest absolute Gasteiger partial charge is 0.376 e. The Hall–Kier alpha value is -1.88. The number of ether oxygens (including phenoxy) is 4. The van der Waals surface area contributed by atoms with Gasteiger partial charge in [0.1, 0.15) is 0 Å². The lowest BCUT2D eigenvalue weighted by atomic mass is 10.0. The number of hydrogen-bond acceptors (Lipinski definition) is 8. The van der Waals surface area contributed by atoms with E-state index in [-0.39, 0.29) is 24.4 Å². The SMILES string of the molecule is CC(C)CC1COC(Cc2ccccc2)CN(C)C(CC(C)C)COC(C)CN(C)C(CC(C)C)COC(Cc2ccccc2)CN(C)C(CC(C)C)COC(C)CN1C. The lowest BCUT2D eigenvalue weighted by Gasteiger charge is -2.37. The van der Waals surface area contributed by atoms with Crippen molar-refractivity contribution in [3.05, 3.63) is 71.8 Å². The van der Waals surface area contributed by atoms with Crippen LogP contribution in [0.3, 0.4) is 0 Å². The summed E-state index contributed by atoms with van der Waals surface area (Å²) in [4.78, 5) is 10.0. The first-order valence-electron chi connectivity index (χ1n) is 23.8. The monoisotopic (exact) mass is 837 g/mol. The molecule has 0 N–H and O–H groups in total. The van der Waals surface area contributed by atoms with E-state index >= 15 is 0 Å². The summed E-state index contributed by atoms with van der Waals surface area (Å²) in [6, 6.07) is 22.9. The van der Waals surface area contributed by atoms with E-state index in [4.69, 9.17) is 18.9 Å². The molecule has 1 heterocycles. The average molecular weight is 837 g/mol. The first-order valence-corrected chi connectivity index (χ1v) is 23.8. The third kappa shape index (κ3) is 21.0. The van der Waals surface area contributed by atoms with E-state index in [0.717, 1.165) is 64.7 Å². The van der Waals surface area contributed by atoms with E-state index in [1.54, 1.807) is 0 Å². The van der Waals surface area contributed by atoms with Crippen LogP contribution in [0.4, 0.5) is 0 Å². The van der Waals surface area contributed by atoms with Crippen LogP contribution in [0.2, 0.25) is 0 Å². The molecule has 8 nitrogen and oxygen atoms in total. The Morgan fingerprint density at radius 1 is 0.417 bits per heavy atom. The van der Waals surface area contributed by atoms with Gasteiger partial charge in [-0.3, -0.25) is 19.6 Å². The Bertz CT molecular complexity index is 1240. The van der Waals surface area contributed by atoms with Crippen molar-refractivity contribution in [2.75, 3.05) is 80.8 Å². The average Bonchev–Trinajstić information content (AvgIpc) is 3.17.